The predicted octanol–water partition coefficient (Wildman–Crippen LogP) is 1.87. The van der Waals surface area contributed by atoms with Gasteiger partial charge in [-0.2, -0.15) is 5.26 Å². The Kier molecular flexibility index (Phi) is 4.95. The van der Waals surface area contributed by atoms with Crippen molar-refractivity contribution in [2.75, 3.05) is 11.9 Å². The number of nitriles is 1. The van der Waals surface area contributed by atoms with E-state index in [1.54, 1.807) is 12.1 Å². The van der Waals surface area contributed by atoms with E-state index in [-0.39, 0.29) is 12.3 Å². The fraction of sp³-hybridized carbons (Fsp3) is 0.417. The molecular weight excluding hydrogens is 218 g/mol. The van der Waals surface area contributed by atoms with Crippen molar-refractivity contribution in [2.24, 2.45) is 5.92 Å². The summed E-state index contributed by atoms with van der Waals surface area (Å²) in [7, 11) is 0. The molecule has 1 unspecified atom stereocenters. The molecular formula is C12H15N3O2. The molecule has 0 saturated carbocycles. The highest BCUT2D eigenvalue weighted by molar-refractivity contribution is 5.66. The molecule has 1 atom stereocenters. The van der Waals surface area contributed by atoms with Gasteiger partial charge in [0, 0.05) is 19.2 Å². The molecule has 0 aliphatic carbocycles. The lowest BCUT2D eigenvalue weighted by Crippen LogP contribution is -2.13. The number of carboxylic acid groups (broad SMARTS) is 1. The molecule has 0 aliphatic heterocycles. The molecule has 0 bridgehead atoms. The van der Waals surface area contributed by atoms with E-state index < -0.39 is 5.97 Å². The molecule has 0 aliphatic rings. The van der Waals surface area contributed by atoms with E-state index in [9.17, 15) is 4.79 Å². The third-order valence-electron chi connectivity index (χ3n) is 2.38. The van der Waals surface area contributed by atoms with Gasteiger partial charge in [0.2, 0.25) is 0 Å². The highest BCUT2D eigenvalue weighted by Gasteiger charge is 2.05. The number of carboxylic acids is 1. The van der Waals surface area contributed by atoms with E-state index in [0.29, 0.717) is 24.3 Å². The molecule has 90 valence electrons. The number of rotatable bonds is 6. The van der Waals surface area contributed by atoms with E-state index in [1.807, 2.05) is 13.0 Å². The minimum absolute atomic E-state index is 0.184. The maximum absolute atomic E-state index is 10.4. The molecule has 1 rings (SSSR count). The Morgan fingerprint density at radius 1 is 1.65 bits per heavy atom. The molecule has 2 N–H and O–H groups in total. The molecule has 0 radical (unpaired) electrons. The normalized spacial score (nSPS) is 11.5. The zero-order valence-electron chi connectivity index (χ0n) is 9.68. The average Bonchev–Trinajstić information content (AvgIpc) is 2.34. The number of anilines is 1. The van der Waals surface area contributed by atoms with Gasteiger partial charge in [-0.15, -0.1) is 0 Å². The molecule has 0 aromatic carbocycles. The van der Waals surface area contributed by atoms with Crippen LogP contribution in [0.15, 0.2) is 18.3 Å². The van der Waals surface area contributed by atoms with E-state index in [2.05, 4.69) is 10.3 Å². The van der Waals surface area contributed by atoms with Crippen molar-refractivity contribution in [3.8, 4) is 6.07 Å². The minimum Gasteiger partial charge on any atom is -0.481 e. The van der Waals surface area contributed by atoms with Crippen LogP contribution in [0.5, 0.6) is 0 Å². The van der Waals surface area contributed by atoms with Gasteiger partial charge in [0.25, 0.3) is 0 Å². The highest BCUT2D eigenvalue weighted by Crippen LogP contribution is 2.09. The number of hydrogen-bond donors (Lipinski definition) is 2. The van der Waals surface area contributed by atoms with Crippen LogP contribution in [0.4, 0.5) is 5.82 Å². The first-order valence-corrected chi connectivity index (χ1v) is 5.43. The first-order chi connectivity index (χ1) is 8.11. The summed E-state index contributed by atoms with van der Waals surface area (Å²) in [5.41, 5.74) is 0.523. The Morgan fingerprint density at radius 3 is 2.94 bits per heavy atom. The number of nitrogens with zero attached hydrogens (tertiary/aromatic N) is 2. The van der Waals surface area contributed by atoms with Crippen LogP contribution in [-0.4, -0.2) is 22.6 Å². The second-order valence-corrected chi connectivity index (χ2v) is 3.96. The van der Waals surface area contributed by atoms with Gasteiger partial charge in [-0.05, 0) is 24.5 Å². The van der Waals surface area contributed by atoms with Gasteiger partial charge in [-0.1, -0.05) is 6.92 Å². The smallest absolute Gasteiger partial charge is 0.303 e. The molecule has 1 aromatic heterocycles. The second-order valence-electron chi connectivity index (χ2n) is 3.96. The largest absolute Gasteiger partial charge is 0.481 e. The van der Waals surface area contributed by atoms with Crippen LogP contribution in [0, 0.1) is 17.2 Å². The number of aromatic nitrogens is 1. The standard InChI is InChI=1S/C12H15N3O2/c1-9(2-5-12(16)17)7-14-11-4-3-10(6-13)8-15-11/h3-4,8-9H,2,5,7H2,1H3,(H,14,15)(H,16,17). The van der Waals surface area contributed by atoms with Gasteiger partial charge in [0.1, 0.15) is 11.9 Å². The first kappa shape index (κ1) is 13.0. The summed E-state index contributed by atoms with van der Waals surface area (Å²) in [6.45, 7) is 2.66. The molecule has 5 heteroatoms. The Labute approximate surface area is 100 Å². The van der Waals surface area contributed by atoms with E-state index >= 15 is 0 Å². The van der Waals surface area contributed by atoms with Crippen molar-refractivity contribution in [3.05, 3.63) is 23.9 Å². The zero-order valence-corrected chi connectivity index (χ0v) is 9.68. The number of nitrogens with one attached hydrogen (secondary N) is 1. The van der Waals surface area contributed by atoms with Crippen molar-refractivity contribution in [1.29, 1.82) is 5.26 Å². The van der Waals surface area contributed by atoms with Gasteiger partial charge in [-0.3, -0.25) is 4.79 Å². The SMILES string of the molecule is CC(CCC(=O)O)CNc1ccc(C#N)cn1. The Morgan fingerprint density at radius 2 is 2.41 bits per heavy atom. The summed E-state index contributed by atoms with van der Waals surface area (Å²) in [4.78, 5) is 14.5. The van der Waals surface area contributed by atoms with Crippen LogP contribution in [0.3, 0.4) is 0 Å². The van der Waals surface area contributed by atoms with Crippen molar-refractivity contribution in [3.63, 3.8) is 0 Å². The van der Waals surface area contributed by atoms with Crippen LogP contribution in [-0.2, 0) is 4.79 Å². The Balaban J connectivity index is 2.34. The molecule has 0 spiro atoms. The number of aliphatic carboxylic acids is 1. The molecule has 0 saturated heterocycles. The third-order valence-corrected chi connectivity index (χ3v) is 2.38. The van der Waals surface area contributed by atoms with Gasteiger partial charge in [0.05, 0.1) is 5.56 Å². The maximum atomic E-state index is 10.4. The lowest BCUT2D eigenvalue weighted by atomic mass is 10.1. The average molecular weight is 233 g/mol. The fourth-order valence-electron chi connectivity index (χ4n) is 1.32. The maximum Gasteiger partial charge on any atom is 0.303 e. The molecule has 1 aromatic rings. The van der Waals surface area contributed by atoms with Crippen LogP contribution in [0.2, 0.25) is 0 Å². The summed E-state index contributed by atoms with van der Waals surface area (Å²) in [6.07, 6.45) is 2.33. The number of hydrogen-bond acceptors (Lipinski definition) is 4. The van der Waals surface area contributed by atoms with Crippen LogP contribution >= 0.6 is 0 Å². The summed E-state index contributed by atoms with van der Waals surface area (Å²) in [6, 6.07) is 5.43. The summed E-state index contributed by atoms with van der Waals surface area (Å²) < 4.78 is 0. The summed E-state index contributed by atoms with van der Waals surface area (Å²) in [5.74, 6) is 0.197. The minimum atomic E-state index is -0.770. The van der Waals surface area contributed by atoms with Crippen molar-refractivity contribution < 1.29 is 9.90 Å². The van der Waals surface area contributed by atoms with Gasteiger partial charge < -0.3 is 10.4 Å². The summed E-state index contributed by atoms with van der Waals surface area (Å²) in [5, 5.41) is 20.3. The number of carbonyl (C=O) groups is 1. The zero-order chi connectivity index (χ0) is 12.7. The lowest BCUT2D eigenvalue weighted by Gasteiger charge is -2.11. The molecule has 0 amide bonds. The van der Waals surface area contributed by atoms with Crippen LogP contribution in [0.25, 0.3) is 0 Å². The van der Waals surface area contributed by atoms with E-state index in [4.69, 9.17) is 10.4 Å². The predicted molar refractivity (Wildman–Crippen MR) is 63.5 cm³/mol. The van der Waals surface area contributed by atoms with Gasteiger partial charge in [0.15, 0.2) is 0 Å². The van der Waals surface area contributed by atoms with Crippen LogP contribution in [0.1, 0.15) is 25.3 Å². The molecule has 1 heterocycles. The first-order valence-electron chi connectivity index (χ1n) is 5.43. The van der Waals surface area contributed by atoms with Crippen molar-refractivity contribution in [2.45, 2.75) is 19.8 Å². The molecule has 5 nitrogen and oxygen atoms in total. The third kappa shape index (κ3) is 4.98. The lowest BCUT2D eigenvalue weighted by molar-refractivity contribution is -0.137. The van der Waals surface area contributed by atoms with Crippen molar-refractivity contribution >= 4 is 11.8 Å². The monoisotopic (exact) mass is 233 g/mol. The van der Waals surface area contributed by atoms with Crippen molar-refractivity contribution in [1.82, 2.24) is 4.98 Å². The van der Waals surface area contributed by atoms with Gasteiger partial charge >= 0.3 is 5.97 Å². The highest BCUT2D eigenvalue weighted by atomic mass is 16.4. The molecule has 0 fully saturated rings. The van der Waals surface area contributed by atoms with Crippen LogP contribution < -0.4 is 5.32 Å². The Bertz CT molecular complexity index is 409. The van der Waals surface area contributed by atoms with E-state index in [1.165, 1.54) is 6.20 Å². The summed E-state index contributed by atoms with van der Waals surface area (Å²) >= 11 is 0. The van der Waals surface area contributed by atoms with E-state index in [0.717, 1.165) is 0 Å². The fourth-order valence-corrected chi connectivity index (χ4v) is 1.32. The Hall–Kier alpha value is -2.09. The molecule has 17 heavy (non-hydrogen) atoms. The topological polar surface area (TPSA) is 86.0 Å². The van der Waals surface area contributed by atoms with Gasteiger partial charge in [-0.25, -0.2) is 4.98 Å². The second kappa shape index (κ2) is 6.48. The quantitative estimate of drug-likeness (QED) is 0.783. The number of pyridine rings is 1.